The molecule has 0 saturated heterocycles. The third-order valence-corrected chi connectivity index (χ3v) is 2.00. The van der Waals surface area contributed by atoms with Crippen LogP contribution in [-0.2, 0) is 14.4 Å². The molecule has 0 fully saturated rings. The van der Waals surface area contributed by atoms with Gasteiger partial charge in [-0.2, -0.15) is 4.90 Å². The molecule has 0 unspecified atom stereocenters. The molecule has 0 aromatic carbocycles. The van der Waals surface area contributed by atoms with E-state index in [0.29, 0.717) is 5.84 Å². The molecule has 16 heavy (non-hydrogen) atoms. The maximum absolute atomic E-state index is 11.3. The standard InChI is InChI=1S/C8H12N4O4/c9-1-6(13)11-2-5-10-3-7(14)12(5)4-8(15)16/h1-4,9H2,(H,11,13)(H,15,16)/p+1. The van der Waals surface area contributed by atoms with Crippen LogP contribution >= 0.6 is 0 Å². The van der Waals surface area contributed by atoms with Crippen LogP contribution in [0.25, 0.3) is 0 Å². The summed E-state index contributed by atoms with van der Waals surface area (Å²) in [6.45, 7) is -0.462. The highest BCUT2D eigenvalue weighted by atomic mass is 16.4. The summed E-state index contributed by atoms with van der Waals surface area (Å²) in [4.78, 5) is 36.5. The zero-order valence-corrected chi connectivity index (χ0v) is 8.52. The molecule has 0 aliphatic carbocycles. The van der Waals surface area contributed by atoms with E-state index < -0.39 is 12.5 Å². The highest BCUT2D eigenvalue weighted by Crippen LogP contribution is 1.91. The van der Waals surface area contributed by atoms with Crippen molar-refractivity contribution < 1.29 is 24.5 Å². The fraction of sp³-hybridized carbons (Fsp3) is 0.500. The van der Waals surface area contributed by atoms with Crippen LogP contribution in [0.4, 0.5) is 0 Å². The lowest BCUT2D eigenvalue weighted by Gasteiger charge is -2.08. The molecule has 88 valence electrons. The van der Waals surface area contributed by atoms with Crippen molar-refractivity contribution in [3.63, 3.8) is 0 Å². The van der Waals surface area contributed by atoms with Crippen LogP contribution in [0, 0.1) is 0 Å². The SMILES string of the molecule is NCC(=O)NCC1=[NH+]CC(=O)N1CC(=O)O. The minimum atomic E-state index is -1.11. The predicted molar refractivity (Wildman–Crippen MR) is 52.2 cm³/mol. The van der Waals surface area contributed by atoms with Gasteiger partial charge < -0.3 is 16.2 Å². The van der Waals surface area contributed by atoms with E-state index in [1.54, 1.807) is 0 Å². The Kier molecular flexibility index (Phi) is 3.95. The second kappa shape index (κ2) is 5.21. The van der Waals surface area contributed by atoms with Gasteiger partial charge in [-0.1, -0.05) is 0 Å². The Labute approximate surface area is 91.1 Å². The van der Waals surface area contributed by atoms with Crippen LogP contribution in [0.15, 0.2) is 0 Å². The van der Waals surface area contributed by atoms with Crippen molar-refractivity contribution in [2.75, 3.05) is 26.2 Å². The summed E-state index contributed by atoms with van der Waals surface area (Å²) in [6, 6.07) is 0. The summed E-state index contributed by atoms with van der Waals surface area (Å²) in [5.41, 5.74) is 5.08. The molecule has 1 aliphatic rings. The molecule has 8 nitrogen and oxygen atoms in total. The van der Waals surface area contributed by atoms with Crippen LogP contribution in [0.1, 0.15) is 0 Å². The van der Waals surface area contributed by atoms with Gasteiger partial charge in [-0.3, -0.25) is 9.79 Å². The van der Waals surface area contributed by atoms with E-state index in [-0.39, 0.29) is 31.4 Å². The zero-order chi connectivity index (χ0) is 12.1. The molecule has 5 N–H and O–H groups in total. The molecule has 2 amide bonds. The van der Waals surface area contributed by atoms with Gasteiger partial charge in [-0.25, -0.2) is 9.59 Å². The van der Waals surface area contributed by atoms with Crippen LogP contribution in [0.5, 0.6) is 0 Å². The van der Waals surface area contributed by atoms with E-state index >= 15 is 0 Å². The molecule has 1 aliphatic heterocycles. The first kappa shape index (κ1) is 12.1. The lowest BCUT2D eigenvalue weighted by molar-refractivity contribution is -0.439. The fourth-order valence-electron chi connectivity index (χ4n) is 1.25. The lowest BCUT2D eigenvalue weighted by atomic mass is 10.4. The Hall–Kier alpha value is -1.96. The van der Waals surface area contributed by atoms with E-state index in [2.05, 4.69) is 10.3 Å². The number of rotatable bonds is 5. The van der Waals surface area contributed by atoms with Gasteiger partial charge in [0.1, 0.15) is 6.54 Å². The quantitative estimate of drug-likeness (QED) is 0.377. The number of amides is 2. The minimum Gasteiger partial charge on any atom is -0.478 e. The summed E-state index contributed by atoms with van der Waals surface area (Å²) in [6.07, 6.45) is 0. The molecular weight excluding hydrogens is 216 g/mol. The van der Waals surface area contributed by atoms with Crippen molar-refractivity contribution in [2.24, 2.45) is 5.73 Å². The number of aliphatic carboxylic acids is 1. The molecule has 1 rings (SSSR count). The first-order valence-electron chi connectivity index (χ1n) is 4.63. The lowest BCUT2D eigenvalue weighted by Crippen LogP contribution is -2.72. The first-order chi connectivity index (χ1) is 7.54. The van der Waals surface area contributed by atoms with E-state index in [0.717, 1.165) is 4.90 Å². The maximum atomic E-state index is 11.3. The number of carbonyl (C=O) groups excluding carboxylic acids is 2. The molecule has 0 radical (unpaired) electrons. The highest BCUT2D eigenvalue weighted by molar-refractivity contribution is 6.02. The van der Waals surface area contributed by atoms with Crippen LogP contribution in [0.3, 0.4) is 0 Å². The molecular formula is C8H13N4O4+. The Morgan fingerprint density at radius 3 is 2.81 bits per heavy atom. The zero-order valence-electron chi connectivity index (χ0n) is 8.52. The number of nitrogens with one attached hydrogen (secondary N) is 2. The van der Waals surface area contributed by atoms with Gasteiger partial charge in [0.25, 0.3) is 5.84 Å². The van der Waals surface area contributed by atoms with E-state index in [9.17, 15) is 14.4 Å². The number of hydrogen-bond donors (Lipinski definition) is 4. The van der Waals surface area contributed by atoms with Crippen molar-refractivity contribution in [3.05, 3.63) is 0 Å². The molecule has 0 bridgehead atoms. The van der Waals surface area contributed by atoms with E-state index in [1.807, 2.05) is 0 Å². The highest BCUT2D eigenvalue weighted by Gasteiger charge is 2.35. The summed E-state index contributed by atoms with van der Waals surface area (Å²) >= 11 is 0. The van der Waals surface area contributed by atoms with Gasteiger partial charge in [0, 0.05) is 0 Å². The number of nitrogens with two attached hydrogens (primary N) is 1. The average molecular weight is 229 g/mol. The summed E-state index contributed by atoms with van der Waals surface area (Å²) < 4.78 is 0. The molecule has 0 atom stereocenters. The van der Waals surface area contributed by atoms with Crippen molar-refractivity contribution >= 4 is 23.6 Å². The molecule has 1 heterocycles. The topological polar surface area (TPSA) is 127 Å². The fourth-order valence-corrected chi connectivity index (χ4v) is 1.25. The Morgan fingerprint density at radius 1 is 1.56 bits per heavy atom. The average Bonchev–Trinajstić information content (AvgIpc) is 2.56. The number of nitrogens with zero attached hydrogens (tertiary/aromatic N) is 1. The van der Waals surface area contributed by atoms with Gasteiger partial charge in [0.2, 0.25) is 5.91 Å². The van der Waals surface area contributed by atoms with E-state index in [1.165, 1.54) is 0 Å². The van der Waals surface area contributed by atoms with Gasteiger partial charge >= 0.3 is 11.9 Å². The smallest absolute Gasteiger partial charge is 0.351 e. The Morgan fingerprint density at radius 2 is 2.25 bits per heavy atom. The third kappa shape index (κ3) is 3.02. The molecule has 0 spiro atoms. The largest absolute Gasteiger partial charge is 0.478 e. The number of carboxylic acids is 1. The van der Waals surface area contributed by atoms with Crippen LogP contribution < -0.4 is 16.0 Å². The van der Waals surface area contributed by atoms with Crippen molar-refractivity contribution in [1.29, 1.82) is 0 Å². The summed E-state index contributed by atoms with van der Waals surface area (Å²) in [7, 11) is 0. The van der Waals surface area contributed by atoms with Crippen molar-refractivity contribution in [2.45, 2.75) is 0 Å². The monoisotopic (exact) mass is 229 g/mol. The van der Waals surface area contributed by atoms with Crippen molar-refractivity contribution in [1.82, 2.24) is 10.2 Å². The summed E-state index contributed by atoms with van der Waals surface area (Å²) in [5.74, 6) is -1.45. The van der Waals surface area contributed by atoms with Gasteiger partial charge in [0.05, 0.1) is 6.54 Å². The minimum absolute atomic E-state index is 0.0428. The molecule has 0 aromatic rings. The number of amidine groups is 1. The summed E-state index contributed by atoms with van der Waals surface area (Å²) in [5, 5.41) is 11.0. The van der Waals surface area contributed by atoms with Gasteiger partial charge in [0.15, 0.2) is 13.1 Å². The number of carboxylic acid groups (broad SMARTS) is 1. The maximum Gasteiger partial charge on any atom is 0.351 e. The number of carbonyl (C=O) groups is 3. The first-order valence-corrected chi connectivity index (χ1v) is 4.63. The molecule has 8 heteroatoms. The van der Waals surface area contributed by atoms with Crippen LogP contribution in [-0.4, -0.2) is 59.8 Å². The van der Waals surface area contributed by atoms with Crippen molar-refractivity contribution in [3.8, 4) is 0 Å². The number of hydrogen-bond acceptors (Lipinski definition) is 4. The second-order valence-corrected chi connectivity index (χ2v) is 3.15. The predicted octanol–water partition coefficient (Wildman–Crippen LogP) is -4.53. The van der Waals surface area contributed by atoms with Crippen LogP contribution in [0.2, 0.25) is 0 Å². The van der Waals surface area contributed by atoms with Gasteiger partial charge in [-0.15, -0.1) is 0 Å². The Balaban J connectivity index is 2.54. The second-order valence-electron chi connectivity index (χ2n) is 3.15. The van der Waals surface area contributed by atoms with Gasteiger partial charge in [-0.05, 0) is 0 Å². The third-order valence-electron chi connectivity index (χ3n) is 2.00. The Bertz CT molecular complexity index is 352. The molecule has 0 saturated carbocycles. The normalized spacial score (nSPS) is 14.9. The van der Waals surface area contributed by atoms with E-state index in [4.69, 9.17) is 10.8 Å². The molecule has 0 aromatic heterocycles.